The Morgan fingerprint density at radius 3 is 2.70 bits per heavy atom. The monoisotopic (exact) mass is 320 g/mol. The zero-order valence-electron chi connectivity index (χ0n) is 13.8. The summed E-state index contributed by atoms with van der Waals surface area (Å²) in [5.41, 5.74) is 2.47. The number of carboxylic acids is 1. The van der Waals surface area contributed by atoms with Crippen LogP contribution in [0.15, 0.2) is 0 Å². The van der Waals surface area contributed by atoms with E-state index in [9.17, 15) is 9.59 Å². The number of aryl methyl sites for hydroxylation is 1. The van der Waals surface area contributed by atoms with Crippen LogP contribution in [-0.4, -0.2) is 39.9 Å². The first kappa shape index (κ1) is 16.2. The van der Waals surface area contributed by atoms with Crippen molar-refractivity contribution in [2.24, 2.45) is 5.41 Å². The van der Waals surface area contributed by atoms with Crippen LogP contribution < -0.4 is 0 Å². The Bertz CT molecular complexity index is 629. The molecule has 1 unspecified atom stereocenters. The highest BCUT2D eigenvalue weighted by molar-refractivity contribution is 6.00. The van der Waals surface area contributed by atoms with Crippen molar-refractivity contribution in [1.29, 1.82) is 0 Å². The van der Waals surface area contributed by atoms with E-state index >= 15 is 0 Å². The zero-order chi connectivity index (χ0) is 16.6. The SMILES string of the molecule is CCc1nn(C(C)CC(=O)O)c2c1C(=O)CC1(CCOCC1)C2. The first-order valence-corrected chi connectivity index (χ1v) is 8.39. The number of Topliss-reactive ketones (excluding diaryl/α,β-unsaturated/α-hetero) is 1. The molecule has 0 saturated carbocycles. The lowest BCUT2D eigenvalue weighted by molar-refractivity contribution is -0.137. The van der Waals surface area contributed by atoms with Gasteiger partial charge in [0.15, 0.2) is 5.78 Å². The summed E-state index contributed by atoms with van der Waals surface area (Å²) in [6.45, 7) is 5.24. The number of fused-ring (bicyclic) bond motifs is 1. The van der Waals surface area contributed by atoms with Crippen LogP contribution in [-0.2, 0) is 22.4 Å². The maximum absolute atomic E-state index is 12.8. The van der Waals surface area contributed by atoms with Gasteiger partial charge in [0.05, 0.1) is 29.4 Å². The van der Waals surface area contributed by atoms with Crippen LogP contribution in [0.5, 0.6) is 0 Å². The van der Waals surface area contributed by atoms with E-state index in [2.05, 4.69) is 5.10 Å². The molecule has 2 heterocycles. The fraction of sp³-hybridized carbons (Fsp3) is 0.706. The lowest BCUT2D eigenvalue weighted by atomic mass is 9.68. The lowest BCUT2D eigenvalue weighted by Gasteiger charge is -2.40. The maximum atomic E-state index is 12.8. The summed E-state index contributed by atoms with van der Waals surface area (Å²) in [7, 11) is 0. The molecule has 6 heteroatoms. The van der Waals surface area contributed by atoms with Gasteiger partial charge in [0.2, 0.25) is 0 Å². The number of aromatic nitrogens is 2. The smallest absolute Gasteiger partial charge is 0.305 e. The second-order valence-electron chi connectivity index (χ2n) is 6.90. The molecule has 1 aliphatic carbocycles. The van der Waals surface area contributed by atoms with Crippen LogP contribution in [0, 0.1) is 5.41 Å². The first-order chi connectivity index (χ1) is 11.0. The maximum Gasteiger partial charge on any atom is 0.305 e. The summed E-state index contributed by atoms with van der Waals surface area (Å²) in [5, 5.41) is 13.7. The molecule has 126 valence electrons. The van der Waals surface area contributed by atoms with Gasteiger partial charge in [-0.05, 0) is 38.0 Å². The summed E-state index contributed by atoms with van der Waals surface area (Å²) in [6, 6.07) is -0.246. The normalized spacial score (nSPS) is 21.2. The largest absolute Gasteiger partial charge is 0.481 e. The van der Waals surface area contributed by atoms with E-state index in [0.717, 1.165) is 36.2 Å². The molecule has 1 saturated heterocycles. The molecule has 0 radical (unpaired) electrons. The molecule has 1 aromatic rings. The Morgan fingerprint density at radius 1 is 1.39 bits per heavy atom. The van der Waals surface area contributed by atoms with E-state index in [1.807, 2.05) is 13.8 Å². The third kappa shape index (κ3) is 2.92. The third-order valence-corrected chi connectivity index (χ3v) is 5.21. The van der Waals surface area contributed by atoms with Gasteiger partial charge in [0.1, 0.15) is 0 Å². The quantitative estimate of drug-likeness (QED) is 0.921. The highest BCUT2D eigenvalue weighted by Gasteiger charge is 2.43. The molecule has 1 fully saturated rings. The summed E-state index contributed by atoms with van der Waals surface area (Å²) in [5.74, 6) is -0.679. The summed E-state index contributed by atoms with van der Waals surface area (Å²) < 4.78 is 7.27. The third-order valence-electron chi connectivity index (χ3n) is 5.21. The van der Waals surface area contributed by atoms with Gasteiger partial charge in [0.25, 0.3) is 0 Å². The van der Waals surface area contributed by atoms with Crippen molar-refractivity contribution in [2.75, 3.05) is 13.2 Å². The van der Waals surface area contributed by atoms with Gasteiger partial charge in [-0.15, -0.1) is 0 Å². The van der Waals surface area contributed by atoms with Crippen LogP contribution >= 0.6 is 0 Å². The number of ether oxygens (including phenoxy) is 1. The number of hydrogen-bond donors (Lipinski definition) is 1. The summed E-state index contributed by atoms with van der Waals surface area (Å²) in [4.78, 5) is 23.8. The molecule has 1 N–H and O–H groups in total. The number of aliphatic carboxylic acids is 1. The molecule has 1 aliphatic heterocycles. The molecular formula is C17H24N2O4. The average Bonchev–Trinajstić information content (AvgIpc) is 2.86. The van der Waals surface area contributed by atoms with E-state index < -0.39 is 5.97 Å². The fourth-order valence-corrected chi connectivity index (χ4v) is 3.97. The van der Waals surface area contributed by atoms with E-state index in [4.69, 9.17) is 9.84 Å². The Morgan fingerprint density at radius 2 is 2.09 bits per heavy atom. The van der Waals surface area contributed by atoms with Crippen molar-refractivity contribution in [1.82, 2.24) is 9.78 Å². The van der Waals surface area contributed by atoms with Crippen molar-refractivity contribution < 1.29 is 19.4 Å². The van der Waals surface area contributed by atoms with Gasteiger partial charge in [-0.25, -0.2) is 0 Å². The second kappa shape index (κ2) is 6.07. The highest BCUT2D eigenvalue weighted by Crippen LogP contribution is 2.44. The number of carboxylic acid groups (broad SMARTS) is 1. The molecule has 0 amide bonds. The van der Waals surface area contributed by atoms with Gasteiger partial charge in [-0.2, -0.15) is 5.10 Å². The van der Waals surface area contributed by atoms with Gasteiger partial charge in [-0.3, -0.25) is 14.3 Å². The molecular weight excluding hydrogens is 296 g/mol. The van der Waals surface area contributed by atoms with Crippen LogP contribution in [0.2, 0.25) is 0 Å². The lowest BCUT2D eigenvalue weighted by Crippen LogP contribution is -2.38. The molecule has 6 nitrogen and oxygen atoms in total. The minimum absolute atomic E-state index is 0.0155. The number of hydrogen-bond acceptors (Lipinski definition) is 4. The van der Waals surface area contributed by atoms with Crippen LogP contribution in [0.1, 0.15) is 67.3 Å². The van der Waals surface area contributed by atoms with Gasteiger partial charge < -0.3 is 9.84 Å². The summed E-state index contributed by atoms with van der Waals surface area (Å²) in [6.07, 6.45) is 3.85. The number of nitrogens with zero attached hydrogens (tertiary/aromatic N) is 2. The first-order valence-electron chi connectivity index (χ1n) is 8.39. The summed E-state index contributed by atoms with van der Waals surface area (Å²) >= 11 is 0. The number of carbonyl (C=O) groups is 2. The molecule has 0 bridgehead atoms. The van der Waals surface area contributed by atoms with E-state index in [-0.39, 0.29) is 23.7 Å². The van der Waals surface area contributed by atoms with Crippen molar-refractivity contribution in [3.8, 4) is 0 Å². The number of ketones is 1. The number of carbonyl (C=O) groups excluding carboxylic acids is 1. The Kier molecular flexibility index (Phi) is 4.27. The molecule has 23 heavy (non-hydrogen) atoms. The minimum Gasteiger partial charge on any atom is -0.481 e. The second-order valence-corrected chi connectivity index (χ2v) is 6.90. The van der Waals surface area contributed by atoms with Gasteiger partial charge in [0, 0.05) is 19.6 Å². The van der Waals surface area contributed by atoms with E-state index in [1.165, 1.54) is 0 Å². The molecule has 1 aromatic heterocycles. The van der Waals surface area contributed by atoms with Crippen LogP contribution in [0.3, 0.4) is 0 Å². The molecule has 2 aliphatic rings. The topological polar surface area (TPSA) is 81.4 Å². The average molecular weight is 320 g/mol. The fourth-order valence-electron chi connectivity index (χ4n) is 3.97. The van der Waals surface area contributed by atoms with Crippen LogP contribution in [0.25, 0.3) is 0 Å². The van der Waals surface area contributed by atoms with Crippen LogP contribution in [0.4, 0.5) is 0 Å². The minimum atomic E-state index is -0.845. The number of rotatable bonds is 4. The molecule has 3 rings (SSSR count). The predicted octanol–water partition coefficient (Wildman–Crippen LogP) is 2.41. The van der Waals surface area contributed by atoms with Crippen molar-refractivity contribution >= 4 is 11.8 Å². The molecule has 0 aromatic carbocycles. The predicted molar refractivity (Wildman–Crippen MR) is 83.7 cm³/mol. The molecule has 1 atom stereocenters. The van der Waals surface area contributed by atoms with Gasteiger partial charge >= 0.3 is 5.97 Å². The van der Waals surface area contributed by atoms with Crippen molar-refractivity contribution in [2.45, 2.75) is 58.4 Å². The molecule has 1 spiro atoms. The Labute approximate surface area is 135 Å². The highest BCUT2D eigenvalue weighted by atomic mass is 16.5. The van der Waals surface area contributed by atoms with Crippen molar-refractivity contribution in [3.05, 3.63) is 17.0 Å². The van der Waals surface area contributed by atoms with Crippen molar-refractivity contribution in [3.63, 3.8) is 0 Å². The Balaban J connectivity index is 2.01. The Hall–Kier alpha value is -1.69. The van der Waals surface area contributed by atoms with Gasteiger partial charge in [-0.1, -0.05) is 6.92 Å². The van der Waals surface area contributed by atoms with E-state index in [1.54, 1.807) is 4.68 Å². The standard InChI is InChI=1S/C17H24N2O4/c1-3-12-16-13(19(18-12)11(2)8-15(21)22)9-17(10-14(16)20)4-6-23-7-5-17/h11H,3-10H2,1-2H3,(H,21,22). The van der Waals surface area contributed by atoms with E-state index in [0.29, 0.717) is 26.1 Å². The zero-order valence-corrected chi connectivity index (χ0v) is 13.8.